The van der Waals surface area contributed by atoms with Crippen LogP contribution in [0.25, 0.3) is 0 Å². The van der Waals surface area contributed by atoms with Gasteiger partial charge in [-0.1, -0.05) is 120 Å². The number of anilines is 1. The van der Waals surface area contributed by atoms with Crippen molar-refractivity contribution < 1.29 is 18.0 Å². The van der Waals surface area contributed by atoms with Crippen molar-refractivity contribution in [3.05, 3.63) is 128 Å². The summed E-state index contributed by atoms with van der Waals surface area (Å²) in [6.07, 6.45) is 1.77. The highest BCUT2D eigenvalue weighted by Crippen LogP contribution is 2.36. The van der Waals surface area contributed by atoms with Crippen molar-refractivity contribution in [1.29, 1.82) is 0 Å². The Morgan fingerprint density at radius 3 is 2.15 bits per heavy atom. The van der Waals surface area contributed by atoms with Crippen molar-refractivity contribution in [1.82, 2.24) is 10.2 Å². The molecule has 12 heteroatoms. The Morgan fingerprint density at radius 2 is 1.50 bits per heavy atom. The molecule has 0 bridgehead atoms. The van der Waals surface area contributed by atoms with Crippen LogP contribution in [0.2, 0.25) is 20.1 Å². The van der Waals surface area contributed by atoms with E-state index in [-0.39, 0.29) is 39.5 Å². The minimum Gasteiger partial charge on any atom is -0.354 e. The second-order valence-corrected chi connectivity index (χ2v) is 14.0. The van der Waals surface area contributed by atoms with E-state index in [9.17, 15) is 18.0 Å². The summed E-state index contributed by atoms with van der Waals surface area (Å²) in [4.78, 5) is 29.7. The normalized spacial score (nSPS) is 11.9. The van der Waals surface area contributed by atoms with Crippen LogP contribution in [0.3, 0.4) is 0 Å². The third-order valence-electron chi connectivity index (χ3n) is 7.27. The molecule has 0 heterocycles. The maximum absolute atomic E-state index is 14.5. The van der Waals surface area contributed by atoms with Crippen LogP contribution in [-0.2, 0) is 32.6 Å². The van der Waals surface area contributed by atoms with Gasteiger partial charge in [-0.05, 0) is 53.9 Å². The number of halogens is 4. The van der Waals surface area contributed by atoms with E-state index in [2.05, 4.69) is 5.32 Å². The number of nitrogens with zero attached hydrogens (tertiary/aromatic N) is 2. The van der Waals surface area contributed by atoms with Crippen molar-refractivity contribution in [3.8, 4) is 0 Å². The first-order valence-electron chi connectivity index (χ1n) is 14.6. The number of carbonyl (C=O) groups excluding carboxylic acids is 2. The highest BCUT2D eigenvalue weighted by molar-refractivity contribution is 7.92. The lowest BCUT2D eigenvalue weighted by molar-refractivity contribution is -0.140. The van der Waals surface area contributed by atoms with E-state index in [1.807, 2.05) is 37.3 Å². The average molecular weight is 722 g/mol. The summed E-state index contributed by atoms with van der Waals surface area (Å²) in [6.45, 7) is 1.64. The summed E-state index contributed by atoms with van der Waals surface area (Å²) in [5, 5.41) is 3.72. The van der Waals surface area contributed by atoms with Gasteiger partial charge in [0.25, 0.3) is 10.0 Å². The van der Waals surface area contributed by atoms with Gasteiger partial charge >= 0.3 is 0 Å². The molecule has 0 spiro atoms. The van der Waals surface area contributed by atoms with Gasteiger partial charge in [-0.3, -0.25) is 13.9 Å². The molecule has 0 aliphatic heterocycles. The second kappa shape index (κ2) is 16.5. The molecular formula is C34H33Cl4N3O4S. The minimum atomic E-state index is -4.33. The minimum absolute atomic E-state index is 0.0165. The number of benzene rings is 4. The third-order valence-corrected chi connectivity index (χ3v) is 10.4. The van der Waals surface area contributed by atoms with Crippen LogP contribution in [0, 0.1) is 0 Å². The van der Waals surface area contributed by atoms with Crippen molar-refractivity contribution in [2.45, 2.75) is 43.7 Å². The Morgan fingerprint density at radius 1 is 0.826 bits per heavy atom. The number of carbonyl (C=O) groups is 2. The van der Waals surface area contributed by atoms with Crippen LogP contribution >= 0.6 is 46.4 Å². The quantitative estimate of drug-likeness (QED) is 0.134. The highest BCUT2D eigenvalue weighted by Gasteiger charge is 2.35. The van der Waals surface area contributed by atoms with Crippen molar-refractivity contribution in [2.75, 3.05) is 17.4 Å². The molecule has 0 unspecified atom stereocenters. The van der Waals surface area contributed by atoms with Gasteiger partial charge in [0.2, 0.25) is 11.8 Å². The molecule has 2 amide bonds. The molecule has 242 valence electrons. The molecule has 0 aliphatic carbocycles. The number of sulfonamides is 1. The SMILES string of the molecule is CCCCNC(=O)[C@@H](Cc1ccccc1)N(Cc1ccc(Cl)cc1Cl)C(=O)CN(c1cccc(Cl)c1Cl)S(=O)(=O)c1ccccc1. The molecule has 0 saturated heterocycles. The van der Waals surface area contributed by atoms with Gasteiger partial charge in [-0.25, -0.2) is 8.42 Å². The molecule has 0 fully saturated rings. The van der Waals surface area contributed by atoms with E-state index in [0.29, 0.717) is 22.2 Å². The van der Waals surface area contributed by atoms with E-state index in [4.69, 9.17) is 46.4 Å². The van der Waals surface area contributed by atoms with E-state index >= 15 is 0 Å². The van der Waals surface area contributed by atoms with Crippen LogP contribution in [-0.4, -0.2) is 44.3 Å². The molecule has 1 N–H and O–H groups in total. The lowest BCUT2D eigenvalue weighted by atomic mass is 10.0. The fraction of sp³-hybridized carbons (Fsp3) is 0.235. The maximum atomic E-state index is 14.5. The number of unbranched alkanes of at least 4 members (excludes halogenated alkanes) is 1. The van der Waals surface area contributed by atoms with Crippen molar-refractivity contribution in [3.63, 3.8) is 0 Å². The van der Waals surface area contributed by atoms with E-state index in [1.54, 1.807) is 42.5 Å². The average Bonchev–Trinajstić information content (AvgIpc) is 3.04. The van der Waals surface area contributed by atoms with Crippen molar-refractivity contribution >= 4 is 73.9 Å². The van der Waals surface area contributed by atoms with Gasteiger partial charge in [-0.15, -0.1) is 0 Å². The molecule has 0 aromatic heterocycles. The van der Waals surface area contributed by atoms with E-state index in [0.717, 1.165) is 22.7 Å². The fourth-order valence-corrected chi connectivity index (χ4v) is 7.17. The van der Waals surface area contributed by atoms with Gasteiger partial charge in [0.1, 0.15) is 12.6 Å². The zero-order valence-corrected chi connectivity index (χ0v) is 28.8. The standard InChI is InChI=1S/C34H33Cl4N3O4S/c1-2-3-19-39-34(43)31(20-24-11-6-4-7-12-24)40(22-25-17-18-26(35)21-29(25)37)32(42)23-41(30-16-10-15-28(36)33(30)38)46(44,45)27-13-8-5-9-14-27/h4-18,21,31H,2-3,19-20,22-23H2,1H3,(H,39,43)/t31-/m1/s1. The largest absolute Gasteiger partial charge is 0.354 e. The molecule has 7 nitrogen and oxygen atoms in total. The predicted molar refractivity (Wildman–Crippen MR) is 186 cm³/mol. The lowest BCUT2D eigenvalue weighted by Crippen LogP contribution is -2.53. The lowest BCUT2D eigenvalue weighted by Gasteiger charge is -2.34. The Hall–Kier alpha value is -3.27. The summed E-state index contributed by atoms with van der Waals surface area (Å²) in [7, 11) is -4.33. The third kappa shape index (κ3) is 8.96. The highest BCUT2D eigenvalue weighted by atomic mass is 35.5. The molecule has 0 saturated carbocycles. The van der Waals surface area contributed by atoms with Crippen LogP contribution in [0.1, 0.15) is 30.9 Å². The number of rotatable bonds is 14. The molecule has 4 rings (SSSR count). The molecule has 0 radical (unpaired) electrons. The van der Waals surface area contributed by atoms with Gasteiger partial charge in [-0.2, -0.15) is 0 Å². The first-order chi connectivity index (χ1) is 22.0. The van der Waals surface area contributed by atoms with Gasteiger partial charge in [0.05, 0.1) is 20.6 Å². The van der Waals surface area contributed by atoms with Crippen LogP contribution in [0.15, 0.2) is 102 Å². The maximum Gasteiger partial charge on any atom is 0.264 e. The molecular weight excluding hydrogens is 688 g/mol. The van der Waals surface area contributed by atoms with E-state index in [1.165, 1.54) is 29.2 Å². The summed E-state index contributed by atoms with van der Waals surface area (Å²) >= 11 is 25.6. The van der Waals surface area contributed by atoms with Gasteiger partial charge < -0.3 is 10.2 Å². The smallest absolute Gasteiger partial charge is 0.264 e. The summed E-state index contributed by atoms with van der Waals surface area (Å²) in [6, 6.07) is 25.4. The number of nitrogens with one attached hydrogen (secondary N) is 1. The van der Waals surface area contributed by atoms with Gasteiger partial charge in [0, 0.05) is 29.6 Å². The molecule has 4 aromatic carbocycles. The van der Waals surface area contributed by atoms with Gasteiger partial charge in [0.15, 0.2) is 0 Å². The number of hydrogen-bond acceptors (Lipinski definition) is 4. The number of amides is 2. The Kier molecular flexibility index (Phi) is 12.8. The molecule has 4 aromatic rings. The summed E-state index contributed by atoms with van der Waals surface area (Å²) in [5.41, 5.74) is 1.35. The summed E-state index contributed by atoms with van der Waals surface area (Å²) in [5.74, 6) is -1.04. The first kappa shape index (κ1) is 35.6. The first-order valence-corrected chi connectivity index (χ1v) is 17.5. The second-order valence-electron chi connectivity index (χ2n) is 10.5. The zero-order chi connectivity index (χ0) is 33.3. The summed E-state index contributed by atoms with van der Waals surface area (Å²) < 4.78 is 29.1. The van der Waals surface area contributed by atoms with Crippen LogP contribution in [0.4, 0.5) is 5.69 Å². The molecule has 1 atom stereocenters. The number of hydrogen-bond donors (Lipinski definition) is 1. The molecule has 0 aliphatic rings. The topological polar surface area (TPSA) is 86.8 Å². The van der Waals surface area contributed by atoms with E-state index < -0.39 is 28.5 Å². The monoisotopic (exact) mass is 719 g/mol. The fourth-order valence-electron chi connectivity index (χ4n) is 4.81. The predicted octanol–water partition coefficient (Wildman–Crippen LogP) is 8.05. The Labute approximate surface area is 290 Å². The molecule has 46 heavy (non-hydrogen) atoms. The Balaban J connectivity index is 1.83. The van der Waals surface area contributed by atoms with Crippen LogP contribution in [0.5, 0.6) is 0 Å². The Bertz CT molecular complexity index is 1760. The van der Waals surface area contributed by atoms with Crippen LogP contribution < -0.4 is 9.62 Å². The van der Waals surface area contributed by atoms with Crippen molar-refractivity contribution in [2.24, 2.45) is 0 Å². The zero-order valence-electron chi connectivity index (χ0n) is 25.0.